The quantitative estimate of drug-likeness (QED) is 0.611. The van der Waals surface area contributed by atoms with Crippen LogP contribution in [0.3, 0.4) is 0 Å². The molecule has 1 nitrogen and oxygen atoms in total. The van der Waals surface area contributed by atoms with Crippen LogP contribution in [0.4, 0.5) is 0 Å². The molecule has 1 heterocycles. The van der Waals surface area contributed by atoms with Crippen molar-refractivity contribution in [2.24, 2.45) is 0 Å². The molecular formula is C13H18O. The van der Waals surface area contributed by atoms with Crippen molar-refractivity contribution in [2.75, 3.05) is 0 Å². The number of hydrogen-bond donors (Lipinski definition) is 0. The molecule has 1 aliphatic rings. The van der Waals surface area contributed by atoms with E-state index in [1.165, 1.54) is 5.56 Å². The van der Waals surface area contributed by atoms with E-state index in [1.54, 1.807) is 0 Å². The van der Waals surface area contributed by atoms with Crippen molar-refractivity contribution in [1.82, 2.24) is 0 Å². The summed E-state index contributed by atoms with van der Waals surface area (Å²) in [5.41, 5.74) is 4.37. The van der Waals surface area contributed by atoms with Gasteiger partial charge in [0.25, 0.3) is 0 Å². The predicted octanol–water partition coefficient (Wildman–Crippen LogP) is 3.33. The average molecular weight is 191 g/mol. The van der Waals surface area contributed by atoms with Crippen LogP contribution in [0.5, 0.6) is 5.75 Å². The minimum Gasteiger partial charge on any atom is -0.487 e. The molecule has 0 N–H and O–H groups in total. The van der Waals surface area contributed by atoms with Crippen LogP contribution in [0.2, 0.25) is 0 Å². The van der Waals surface area contributed by atoms with Crippen molar-refractivity contribution in [2.45, 2.75) is 46.6 Å². The molecule has 0 saturated heterocycles. The second kappa shape index (κ2) is 2.75. The molecular weight excluding hydrogens is 172 g/mol. The third kappa shape index (κ3) is 1.31. The number of fused-ring (bicyclic) bond motifs is 1. The molecule has 0 unspecified atom stereocenters. The summed E-state index contributed by atoms with van der Waals surface area (Å²) < 4.78 is 14.0. The zero-order chi connectivity index (χ0) is 11.4. The second-order valence-corrected chi connectivity index (χ2v) is 4.85. The highest BCUT2D eigenvalue weighted by Gasteiger charge is 2.32. The Morgan fingerprint density at radius 3 is 2.57 bits per heavy atom. The van der Waals surface area contributed by atoms with Gasteiger partial charge in [-0.3, -0.25) is 0 Å². The summed E-state index contributed by atoms with van der Waals surface area (Å²) in [6.07, 6.45) is 0.918. The Bertz CT molecular complexity index is 394. The van der Waals surface area contributed by atoms with Crippen LogP contribution >= 0.6 is 0 Å². The summed E-state index contributed by atoms with van der Waals surface area (Å²) in [6.45, 7) is 10.3. The third-order valence-electron chi connectivity index (χ3n) is 2.99. The van der Waals surface area contributed by atoms with E-state index in [2.05, 4.69) is 13.8 Å². The Kier molecular flexibility index (Phi) is 1.64. The molecule has 0 spiro atoms. The number of rotatable bonds is 0. The Balaban J connectivity index is 2.69. The van der Waals surface area contributed by atoms with Crippen LogP contribution in [0, 0.1) is 20.8 Å². The molecule has 76 valence electrons. The van der Waals surface area contributed by atoms with E-state index in [4.69, 9.17) is 6.11 Å². The largest absolute Gasteiger partial charge is 0.487 e. The van der Waals surface area contributed by atoms with Gasteiger partial charge in [-0.05, 0) is 51.3 Å². The number of hydrogen-bond acceptors (Lipinski definition) is 1. The Hall–Kier alpha value is -0.980. The molecule has 1 aliphatic heterocycles. The van der Waals surface area contributed by atoms with Crippen molar-refractivity contribution in [3.05, 3.63) is 28.3 Å². The smallest absolute Gasteiger partial charge is 0.126 e. The fourth-order valence-electron chi connectivity index (χ4n) is 2.11. The molecule has 2 rings (SSSR count). The van der Waals surface area contributed by atoms with E-state index in [-0.39, 0.29) is 5.60 Å². The third-order valence-corrected chi connectivity index (χ3v) is 2.99. The predicted molar refractivity (Wildman–Crippen MR) is 59.1 cm³/mol. The minimum absolute atomic E-state index is 0.113. The molecule has 0 radical (unpaired) electrons. The Labute approximate surface area is 87.5 Å². The molecule has 0 aromatic heterocycles. The highest BCUT2D eigenvalue weighted by molar-refractivity contribution is 5.52. The molecule has 1 heteroatoms. The highest BCUT2D eigenvalue weighted by Crippen LogP contribution is 2.40. The summed E-state index contributed by atoms with van der Waals surface area (Å²) in [7, 11) is 0. The van der Waals surface area contributed by atoms with Gasteiger partial charge in [-0.1, -0.05) is 6.04 Å². The first-order valence-electron chi connectivity index (χ1n) is 5.62. The van der Waals surface area contributed by atoms with Gasteiger partial charge < -0.3 is 4.74 Å². The number of benzene rings is 1. The van der Waals surface area contributed by atoms with Gasteiger partial charge in [0.05, 0.1) is 1.37 Å². The van der Waals surface area contributed by atoms with Crippen molar-refractivity contribution in [1.29, 1.82) is 0 Å². The normalized spacial score (nSPS) is 18.8. The fraction of sp³-hybridized carbons (Fsp3) is 0.538. The standard InChI is InChI=1S/C13H18O/c1-8-6-9(2)11-7-13(4,5)14-12(11)10(8)3/h6H,7H2,1-5H3/i6D. The summed E-state index contributed by atoms with van der Waals surface area (Å²) in [4.78, 5) is 0. The van der Waals surface area contributed by atoms with E-state index in [0.29, 0.717) is 6.04 Å². The summed E-state index contributed by atoms with van der Waals surface area (Å²) in [5.74, 6) is 1.02. The lowest BCUT2D eigenvalue weighted by Gasteiger charge is -2.17. The second-order valence-electron chi connectivity index (χ2n) is 4.85. The van der Waals surface area contributed by atoms with Crippen molar-refractivity contribution in [3.8, 4) is 5.75 Å². The monoisotopic (exact) mass is 191 g/mol. The van der Waals surface area contributed by atoms with Crippen LogP contribution in [0.25, 0.3) is 0 Å². The molecule has 1 aromatic carbocycles. The Morgan fingerprint density at radius 1 is 1.29 bits per heavy atom. The molecule has 0 atom stereocenters. The first-order valence-corrected chi connectivity index (χ1v) is 5.12. The van der Waals surface area contributed by atoms with E-state index in [0.717, 1.165) is 28.9 Å². The summed E-state index contributed by atoms with van der Waals surface area (Å²) in [6, 6.07) is 0.674. The first-order chi connectivity index (χ1) is 6.83. The van der Waals surface area contributed by atoms with Gasteiger partial charge in [-0.2, -0.15) is 0 Å². The van der Waals surface area contributed by atoms with Crippen LogP contribution < -0.4 is 4.74 Å². The molecule has 0 fully saturated rings. The van der Waals surface area contributed by atoms with Crippen molar-refractivity contribution in [3.63, 3.8) is 0 Å². The molecule has 0 saturated carbocycles. The van der Waals surface area contributed by atoms with E-state index in [1.807, 2.05) is 20.8 Å². The van der Waals surface area contributed by atoms with E-state index >= 15 is 0 Å². The lowest BCUT2D eigenvalue weighted by Crippen LogP contribution is -2.24. The van der Waals surface area contributed by atoms with Crippen molar-refractivity contribution < 1.29 is 6.11 Å². The zero-order valence-corrected chi connectivity index (χ0v) is 9.62. The van der Waals surface area contributed by atoms with Gasteiger partial charge in [-0.15, -0.1) is 0 Å². The summed E-state index contributed by atoms with van der Waals surface area (Å²) >= 11 is 0. The molecule has 0 bridgehead atoms. The lowest BCUT2D eigenvalue weighted by atomic mass is 9.94. The van der Waals surface area contributed by atoms with E-state index < -0.39 is 0 Å². The van der Waals surface area contributed by atoms with Gasteiger partial charge in [-0.25, -0.2) is 0 Å². The van der Waals surface area contributed by atoms with Gasteiger partial charge >= 0.3 is 0 Å². The summed E-state index contributed by atoms with van der Waals surface area (Å²) in [5, 5.41) is 0. The van der Waals surface area contributed by atoms with Crippen LogP contribution in [0.15, 0.2) is 6.04 Å². The van der Waals surface area contributed by atoms with Crippen LogP contribution in [-0.4, -0.2) is 5.60 Å². The SMILES string of the molecule is [2H]c1c(C)c(C)c2c(c1C)CC(C)(C)O2. The fourth-order valence-corrected chi connectivity index (χ4v) is 2.11. The van der Waals surface area contributed by atoms with Crippen LogP contribution in [-0.2, 0) is 6.42 Å². The zero-order valence-electron chi connectivity index (χ0n) is 10.6. The maximum atomic E-state index is 8.03. The van der Waals surface area contributed by atoms with Gasteiger partial charge in [0, 0.05) is 12.0 Å². The minimum atomic E-state index is -0.113. The van der Waals surface area contributed by atoms with E-state index in [9.17, 15) is 0 Å². The maximum Gasteiger partial charge on any atom is 0.126 e. The van der Waals surface area contributed by atoms with Crippen molar-refractivity contribution >= 4 is 0 Å². The average Bonchev–Trinajstić information content (AvgIpc) is 2.48. The van der Waals surface area contributed by atoms with Gasteiger partial charge in [0.15, 0.2) is 0 Å². The highest BCUT2D eigenvalue weighted by atomic mass is 16.5. The topological polar surface area (TPSA) is 9.23 Å². The molecule has 14 heavy (non-hydrogen) atoms. The maximum absolute atomic E-state index is 8.03. The van der Waals surface area contributed by atoms with Gasteiger partial charge in [0.1, 0.15) is 11.4 Å². The molecule has 0 amide bonds. The lowest BCUT2D eigenvalue weighted by molar-refractivity contribution is 0.137. The molecule has 1 aromatic rings. The van der Waals surface area contributed by atoms with Crippen LogP contribution in [0.1, 0.15) is 37.5 Å². The number of ether oxygens (including phenoxy) is 1. The van der Waals surface area contributed by atoms with Gasteiger partial charge in [0.2, 0.25) is 0 Å². The Morgan fingerprint density at radius 2 is 1.93 bits per heavy atom. The molecule has 0 aliphatic carbocycles. The first kappa shape index (κ1) is 8.34.